The van der Waals surface area contributed by atoms with Crippen LogP contribution in [0, 0.1) is 0 Å². The molecule has 0 aliphatic rings. The van der Waals surface area contributed by atoms with Crippen LogP contribution < -0.4 is 0 Å². The molecule has 0 aliphatic carbocycles. The topological polar surface area (TPSA) is 20.3 Å². The van der Waals surface area contributed by atoms with Gasteiger partial charge in [-0.3, -0.25) is 4.79 Å². The Hall–Kier alpha value is -1.80. The average Bonchev–Trinajstić information content (AvgIpc) is 2.55. The highest BCUT2D eigenvalue weighted by atomic mass is 35.5. The molecule has 0 aromatic heterocycles. The normalized spacial score (nSPS) is 12.0. The molecule has 0 saturated carbocycles. The van der Waals surface area contributed by atoms with Crippen molar-refractivity contribution in [3.05, 3.63) is 70.7 Å². The van der Waals surface area contributed by atoms with E-state index in [9.17, 15) is 4.79 Å². The van der Waals surface area contributed by atoms with Crippen molar-refractivity contribution in [2.75, 3.05) is 7.05 Å². The lowest BCUT2D eigenvalue weighted by molar-refractivity contribution is -0.132. The maximum Gasteiger partial charge on any atom is 0.230 e. The fourth-order valence-electron chi connectivity index (χ4n) is 2.63. The minimum absolute atomic E-state index is 0.0845. The molecule has 0 heterocycles. The van der Waals surface area contributed by atoms with Gasteiger partial charge in [-0.05, 0) is 23.6 Å². The molecular formula is C19H22ClNO. The van der Waals surface area contributed by atoms with Crippen molar-refractivity contribution < 1.29 is 4.79 Å². The molecule has 0 spiro atoms. The Morgan fingerprint density at radius 2 is 1.73 bits per heavy atom. The maximum absolute atomic E-state index is 12.8. The smallest absolute Gasteiger partial charge is 0.230 e. The summed E-state index contributed by atoms with van der Waals surface area (Å²) in [4.78, 5) is 14.6. The lowest BCUT2D eigenvalue weighted by Gasteiger charge is -2.24. The molecule has 1 atom stereocenters. The minimum atomic E-state index is -0.0845. The molecule has 116 valence electrons. The number of carbonyl (C=O) groups excluding carboxylic acids is 1. The summed E-state index contributed by atoms with van der Waals surface area (Å²) in [5.74, 6) is 0.0617. The lowest BCUT2D eigenvalue weighted by Crippen LogP contribution is -2.31. The summed E-state index contributed by atoms with van der Waals surface area (Å²) < 4.78 is 0. The van der Waals surface area contributed by atoms with Crippen molar-refractivity contribution >= 4 is 17.5 Å². The predicted molar refractivity (Wildman–Crippen MR) is 92.0 cm³/mol. The largest absolute Gasteiger partial charge is 0.341 e. The molecule has 0 radical (unpaired) electrons. The summed E-state index contributed by atoms with van der Waals surface area (Å²) in [5, 5.41) is 0.703. The third kappa shape index (κ3) is 4.11. The summed E-state index contributed by atoms with van der Waals surface area (Å²) in [6.45, 7) is 2.64. The Bertz CT molecular complexity index is 612. The molecule has 0 bridgehead atoms. The first-order chi connectivity index (χ1) is 10.6. The van der Waals surface area contributed by atoms with Crippen molar-refractivity contribution in [1.82, 2.24) is 4.90 Å². The quantitative estimate of drug-likeness (QED) is 0.743. The molecule has 2 rings (SSSR count). The van der Waals surface area contributed by atoms with Gasteiger partial charge in [0.25, 0.3) is 0 Å². The van der Waals surface area contributed by atoms with Gasteiger partial charge in [-0.2, -0.15) is 0 Å². The molecule has 0 aliphatic heterocycles. The molecule has 1 amide bonds. The minimum Gasteiger partial charge on any atom is -0.341 e. The number of hydrogen-bond donors (Lipinski definition) is 0. The zero-order valence-electron chi connectivity index (χ0n) is 13.1. The van der Waals surface area contributed by atoms with E-state index >= 15 is 0 Å². The van der Waals surface area contributed by atoms with E-state index in [0.29, 0.717) is 11.6 Å². The zero-order valence-corrected chi connectivity index (χ0v) is 13.9. The third-order valence-corrected chi connectivity index (χ3v) is 4.19. The average molecular weight is 316 g/mol. The van der Waals surface area contributed by atoms with Crippen LogP contribution in [0.15, 0.2) is 54.6 Å². The van der Waals surface area contributed by atoms with Crippen LogP contribution >= 0.6 is 11.6 Å². The molecular weight excluding hydrogens is 294 g/mol. The molecule has 2 aromatic rings. The SMILES string of the molecule is CCCC(C(=O)N(C)Cc1ccccc1Cl)c1ccccc1. The van der Waals surface area contributed by atoms with Gasteiger partial charge in [-0.15, -0.1) is 0 Å². The molecule has 3 heteroatoms. The van der Waals surface area contributed by atoms with Gasteiger partial charge in [0.2, 0.25) is 5.91 Å². The highest BCUT2D eigenvalue weighted by molar-refractivity contribution is 6.31. The number of likely N-dealkylation sites (N-methyl/N-ethyl adjacent to an activating group) is 1. The number of hydrogen-bond acceptors (Lipinski definition) is 1. The van der Waals surface area contributed by atoms with Crippen LogP contribution in [-0.2, 0) is 11.3 Å². The van der Waals surface area contributed by atoms with Crippen LogP contribution in [0.3, 0.4) is 0 Å². The van der Waals surface area contributed by atoms with E-state index in [2.05, 4.69) is 6.92 Å². The first kappa shape index (κ1) is 16.6. The Kier molecular flexibility index (Phi) is 6.02. The standard InChI is InChI=1S/C19H22ClNO/c1-3-9-17(15-10-5-4-6-11-15)19(22)21(2)14-16-12-7-8-13-18(16)20/h4-8,10-13,17H,3,9,14H2,1-2H3. The molecule has 22 heavy (non-hydrogen) atoms. The van der Waals surface area contributed by atoms with Crippen LogP contribution in [-0.4, -0.2) is 17.9 Å². The number of benzene rings is 2. The molecule has 0 fully saturated rings. The number of rotatable bonds is 6. The second-order valence-electron chi connectivity index (χ2n) is 5.54. The van der Waals surface area contributed by atoms with Crippen LogP contribution in [0.25, 0.3) is 0 Å². The molecule has 2 aromatic carbocycles. The first-order valence-electron chi connectivity index (χ1n) is 7.66. The Morgan fingerprint density at radius 3 is 2.36 bits per heavy atom. The van der Waals surface area contributed by atoms with E-state index in [1.165, 1.54) is 0 Å². The van der Waals surface area contributed by atoms with Gasteiger partial charge in [0.05, 0.1) is 5.92 Å². The summed E-state index contributed by atoms with van der Waals surface area (Å²) in [5.41, 5.74) is 2.06. The first-order valence-corrected chi connectivity index (χ1v) is 8.04. The van der Waals surface area contributed by atoms with E-state index in [-0.39, 0.29) is 11.8 Å². The second kappa shape index (κ2) is 8.00. The van der Waals surface area contributed by atoms with Crippen molar-refractivity contribution in [2.24, 2.45) is 0 Å². The summed E-state index contributed by atoms with van der Waals surface area (Å²) in [6, 6.07) is 17.7. The summed E-state index contributed by atoms with van der Waals surface area (Å²) >= 11 is 6.19. The summed E-state index contributed by atoms with van der Waals surface area (Å²) in [6.07, 6.45) is 1.83. The highest BCUT2D eigenvalue weighted by Crippen LogP contribution is 2.25. The second-order valence-corrected chi connectivity index (χ2v) is 5.94. The summed E-state index contributed by atoms with van der Waals surface area (Å²) in [7, 11) is 1.84. The van der Waals surface area contributed by atoms with E-state index in [4.69, 9.17) is 11.6 Å². The van der Waals surface area contributed by atoms with Crippen molar-refractivity contribution in [3.8, 4) is 0 Å². The lowest BCUT2D eigenvalue weighted by atomic mass is 9.93. The number of nitrogens with zero attached hydrogens (tertiary/aromatic N) is 1. The highest BCUT2D eigenvalue weighted by Gasteiger charge is 2.23. The fourth-order valence-corrected chi connectivity index (χ4v) is 2.83. The Morgan fingerprint density at radius 1 is 1.09 bits per heavy atom. The van der Waals surface area contributed by atoms with Gasteiger partial charge in [0, 0.05) is 18.6 Å². The van der Waals surface area contributed by atoms with Gasteiger partial charge < -0.3 is 4.90 Å². The van der Waals surface area contributed by atoms with Crippen LogP contribution in [0.1, 0.15) is 36.8 Å². The monoisotopic (exact) mass is 315 g/mol. The van der Waals surface area contributed by atoms with Gasteiger partial charge in [-0.25, -0.2) is 0 Å². The molecule has 0 N–H and O–H groups in total. The molecule has 1 unspecified atom stereocenters. The van der Waals surface area contributed by atoms with E-state index in [0.717, 1.165) is 24.0 Å². The molecule has 2 nitrogen and oxygen atoms in total. The van der Waals surface area contributed by atoms with E-state index < -0.39 is 0 Å². The third-order valence-electron chi connectivity index (χ3n) is 3.82. The number of halogens is 1. The number of carbonyl (C=O) groups is 1. The Labute approximate surface area is 137 Å². The van der Waals surface area contributed by atoms with Crippen molar-refractivity contribution in [3.63, 3.8) is 0 Å². The zero-order chi connectivity index (χ0) is 15.9. The van der Waals surface area contributed by atoms with Crippen molar-refractivity contribution in [1.29, 1.82) is 0 Å². The van der Waals surface area contributed by atoms with Crippen LogP contribution in [0.4, 0.5) is 0 Å². The van der Waals surface area contributed by atoms with E-state index in [1.807, 2.05) is 61.6 Å². The van der Waals surface area contributed by atoms with Gasteiger partial charge in [0.1, 0.15) is 0 Å². The number of amides is 1. The molecule has 0 saturated heterocycles. The van der Waals surface area contributed by atoms with Gasteiger partial charge >= 0.3 is 0 Å². The predicted octanol–water partition coefficient (Wildman–Crippen LogP) is 4.88. The maximum atomic E-state index is 12.8. The van der Waals surface area contributed by atoms with Gasteiger partial charge in [-0.1, -0.05) is 73.5 Å². The van der Waals surface area contributed by atoms with Crippen LogP contribution in [0.5, 0.6) is 0 Å². The van der Waals surface area contributed by atoms with Crippen LogP contribution in [0.2, 0.25) is 5.02 Å². The Balaban J connectivity index is 2.15. The fraction of sp³-hybridized carbons (Fsp3) is 0.316. The van der Waals surface area contributed by atoms with E-state index in [1.54, 1.807) is 4.90 Å². The van der Waals surface area contributed by atoms with Crippen molar-refractivity contribution in [2.45, 2.75) is 32.2 Å². The van der Waals surface area contributed by atoms with Gasteiger partial charge in [0.15, 0.2) is 0 Å².